The lowest BCUT2D eigenvalue weighted by Gasteiger charge is -2.06. The Hall–Kier alpha value is -3.28. The summed E-state index contributed by atoms with van der Waals surface area (Å²) in [4.78, 5) is 21.1. The lowest BCUT2D eigenvalue weighted by Crippen LogP contribution is -2.25. The van der Waals surface area contributed by atoms with Crippen LogP contribution in [0.15, 0.2) is 54.9 Å². The molecule has 0 atom stereocenters. The highest BCUT2D eigenvalue weighted by Gasteiger charge is 2.07. The van der Waals surface area contributed by atoms with Crippen molar-refractivity contribution in [3.05, 3.63) is 71.8 Å². The molecule has 0 aliphatic rings. The molecule has 0 aliphatic carbocycles. The monoisotopic (exact) mass is 345 g/mol. The van der Waals surface area contributed by atoms with Crippen molar-refractivity contribution in [1.29, 1.82) is 0 Å². The van der Waals surface area contributed by atoms with Crippen LogP contribution in [0.3, 0.4) is 0 Å². The summed E-state index contributed by atoms with van der Waals surface area (Å²) < 4.78 is 1.79. The molecule has 1 aromatic carbocycles. The third-order valence-electron chi connectivity index (χ3n) is 4.25. The van der Waals surface area contributed by atoms with Gasteiger partial charge in [0.05, 0.1) is 11.2 Å². The molecule has 0 spiro atoms. The molecule has 4 rings (SSSR count). The summed E-state index contributed by atoms with van der Waals surface area (Å²) in [5.41, 5.74) is 4.17. The summed E-state index contributed by atoms with van der Waals surface area (Å²) in [6, 6.07) is 13.4. The van der Waals surface area contributed by atoms with Gasteiger partial charge < -0.3 is 5.32 Å². The Labute approximate surface area is 150 Å². The average molecular weight is 345 g/mol. The van der Waals surface area contributed by atoms with E-state index in [0.717, 1.165) is 40.6 Å². The normalized spacial score (nSPS) is 11.1. The second-order valence-electron chi connectivity index (χ2n) is 6.30. The Kier molecular flexibility index (Phi) is 4.31. The molecule has 3 heterocycles. The van der Waals surface area contributed by atoms with Gasteiger partial charge in [-0.25, -0.2) is 14.5 Å². The molecule has 0 bridgehead atoms. The molecule has 4 aromatic rings. The quantitative estimate of drug-likeness (QED) is 0.565. The van der Waals surface area contributed by atoms with Crippen molar-refractivity contribution >= 4 is 22.5 Å². The van der Waals surface area contributed by atoms with E-state index in [9.17, 15) is 4.79 Å². The van der Waals surface area contributed by atoms with Crippen LogP contribution >= 0.6 is 0 Å². The van der Waals surface area contributed by atoms with E-state index < -0.39 is 0 Å². The number of hydrogen-bond donors (Lipinski definition) is 1. The minimum Gasteiger partial charge on any atom is -0.351 e. The maximum atomic E-state index is 12.3. The van der Waals surface area contributed by atoms with Crippen LogP contribution in [0.4, 0.5) is 0 Å². The van der Waals surface area contributed by atoms with Crippen molar-refractivity contribution in [2.24, 2.45) is 0 Å². The van der Waals surface area contributed by atoms with Crippen LogP contribution in [0.25, 0.3) is 16.6 Å². The van der Waals surface area contributed by atoms with E-state index in [4.69, 9.17) is 0 Å². The van der Waals surface area contributed by atoms with E-state index in [2.05, 4.69) is 20.4 Å². The molecule has 1 amide bonds. The van der Waals surface area contributed by atoms with Crippen LogP contribution in [0, 0.1) is 6.92 Å². The highest BCUT2D eigenvalue weighted by atomic mass is 16.1. The molecule has 3 aromatic heterocycles. The van der Waals surface area contributed by atoms with E-state index in [1.165, 1.54) is 0 Å². The maximum Gasteiger partial charge on any atom is 0.269 e. The number of hydrogen-bond acceptors (Lipinski definition) is 4. The number of nitrogens with zero attached hydrogens (tertiary/aromatic N) is 4. The number of fused-ring (bicyclic) bond motifs is 2. The predicted molar refractivity (Wildman–Crippen MR) is 100 cm³/mol. The molecule has 6 heteroatoms. The molecule has 0 radical (unpaired) electrons. The van der Waals surface area contributed by atoms with Crippen LogP contribution in [0.5, 0.6) is 0 Å². The molecule has 0 saturated carbocycles. The molecular formula is C20H19N5O. The zero-order valence-corrected chi connectivity index (χ0v) is 14.5. The number of rotatable bonds is 5. The standard InChI is InChI=1S/C20H19N5O/c1-14-11-19-22-12-15(13-25(19)24-14)5-4-10-21-20(26)18-9-8-16-6-2-3-7-17(16)23-18/h2-3,6-9,11-13H,4-5,10H2,1H3,(H,21,26). The number of nitrogens with one attached hydrogen (secondary N) is 1. The maximum absolute atomic E-state index is 12.3. The summed E-state index contributed by atoms with van der Waals surface area (Å²) in [7, 11) is 0. The third-order valence-corrected chi connectivity index (χ3v) is 4.25. The average Bonchev–Trinajstić information content (AvgIpc) is 3.04. The van der Waals surface area contributed by atoms with Gasteiger partial charge in [0.25, 0.3) is 5.91 Å². The van der Waals surface area contributed by atoms with Crippen molar-refractivity contribution in [1.82, 2.24) is 24.9 Å². The second-order valence-corrected chi connectivity index (χ2v) is 6.30. The molecule has 0 fully saturated rings. The Morgan fingerprint density at radius 2 is 2.08 bits per heavy atom. The zero-order valence-electron chi connectivity index (χ0n) is 14.5. The lowest BCUT2D eigenvalue weighted by molar-refractivity contribution is 0.0948. The summed E-state index contributed by atoms with van der Waals surface area (Å²) >= 11 is 0. The van der Waals surface area contributed by atoms with Gasteiger partial charge in [-0.1, -0.05) is 24.3 Å². The number of carbonyl (C=O) groups is 1. The molecule has 1 N–H and O–H groups in total. The fraction of sp³-hybridized carbons (Fsp3) is 0.200. The van der Waals surface area contributed by atoms with Gasteiger partial charge in [-0.15, -0.1) is 0 Å². The molecule has 6 nitrogen and oxygen atoms in total. The van der Waals surface area contributed by atoms with E-state index in [1.54, 1.807) is 10.6 Å². The number of aromatic nitrogens is 4. The largest absolute Gasteiger partial charge is 0.351 e. The number of aryl methyl sites for hydroxylation is 2. The molecule has 26 heavy (non-hydrogen) atoms. The van der Waals surface area contributed by atoms with E-state index in [0.29, 0.717) is 12.2 Å². The van der Waals surface area contributed by atoms with Gasteiger partial charge in [0.2, 0.25) is 0 Å². The third kappa shape index (κ3) is 3.39. The Morgan fingerprint density at radius 1 is 1.19 bits per heavy atom. The number of para-hydroxylation sites is 1. The van der Waals surface area contributed by atoms with Gasteiger partial charge in [-0.2, -0.15) is 5.10 Å². The summed E-state index contributed by atoms with van der Waals surface area (Å²) in [6.45, 7) is 2.54. The van der Waals surface area contributed by atoms with Crippen molar-refractivity contribution < 1.29 is 4.79 Å². The van der Waals surface area contributed by atoms with Crippen molar-refractivity contribution in [3.63, 3.8) is 0 Å². The first-order valence-electron chi connectivity index (χ1n) is 8.64. The van der Waals surface area contributed by atoms with Gasteiger partial charge in [-0.05, 0) is 37.5 Å². The van der Waals surface area contributed by atoms with Crippen LogP contribution < -0.4 is 5.32 Å². The first-order chi connectivity index (χ1) is 12.7. The number of benzene rings is 1. The Morgan fingerprint density at radius 3 is 3.00 bits per heavy atom. The van der Waals surface area contributed by atoms with E-state index >= 15 is 0 Å². The zero-order chi connectivity index (χ0) is 17.9. The second kappa shape index (κ2) is 6.92. The van der Waals surface area contributed by atoms with E-state index in [1.807, 2.05) is 55.7 Å². The summed E-state index contributed by atoms with van der Waals surface area (Å²) in [5.74, 6) is -0.146. The van der Waals surface area contributed by atoms with Crippen LogP contribution in [-0.2, 0) is 6.42 Å². The lowest BCUT2D eigenvalue weighted by atomic mass is 10.2. The first-order valence-corrected chi connectivity index (χ1v) is 8.64. The smallest absolute Gasteiger partial charge is 0.269 e. The fourth-order valence-electron chi connectivity index (χ4n) is 2.94. The molecule has 130 valence electrons. The highest BCUT2D eigenvalue weighted by molar-refractivity contribution is 5.94. The SMILES string of the molecule is Cc1cc2ncc(CCCNC(=O)c3ccc4ccccc4n3)cn2n1. The van der Waals surface area contributed by atoms with Crippen LogP contribution in [0.2, 0.25) is 0 Å². The summed E-state index contributed by atoms with van der Waals surface area (Å²) in [6.07, 6.45) is 5.51. The van der Waals surface area contributed by atoms with Crippen molar-refractivity contribution in [3.8, 4) is 0 Å². The summed E-state index contributed by atoms with van der Waals surface area (Å²) in [5, 5.41) is 8.33. The van der Waals surface area contributed by atoms with Crippen molar-refractivity contribution in [2.45, 2.75) is 19.8 Å². The molecule has 0 unspecified atom stereocenters. The molecular weight excluding hydrogens is 326 g/mol. The van der Waals surface area contributed by atoms with Gasteiger partial charge in [-0.3, -0.25) is 4.79 Å². The molecule has 0 saturated heterocycles. The van der Waals surface area contributed by atoms with Crippen LogP contribution in [0.1, 0.15) is 28.2 Å². The highest BCUT2D eigenvalue weighted by Crippen LogP contribution is 2.12. The number of carbonyl (C=O) groups excluding carboxylic acids is 1. The predicted octanol–water partition coefficient (Wildman–Crippen LogP) is 2.95. The van der Waals surface area contributed by atoms with Gasteiger partial charge in [0.1, 0.15) is 5.69 Å². The van der Waals surface area contributed by atoms with E-state index in [-0.39, 0.29) is 5.91 Å². The fourth-order valence-corrected chi connectivity index (χ4v) is 2.94. The number of pyridine rings is 1. The molecule has 0 aliphatic heterocycles. The van der Waals surface area contributed by atoms with Crippen LogP contribution in [-0.4, -0.2) is 32.0 Å². The Balaban J connectivity index is 1.33. The van der Waals surface area contributed by atoms with Crippen molar-refractivity contribution in [2.75, 3.05) is 6.54 Å². The number of amides is 1. The Bertz CT molecular complexity index is 1090. The first kappa shape index (κ1) is 16.2. The van der Waals surface area contributed by atoms with Gasteiger partial charge in [0.15, 0.2) is 5.65 Å². The van der Waals surface area contributed by atoms with Gasteiger partial charge >= 0.3 is 0 Å². The topological polar surface area (TPSA) is 72.2 Å². The van der Waals surface area contributed by atoms with Gasteiger partial charge in [0, 0.05) is 30.4 Å². The minimum absolute atomic E-state index is 0.146. The minimum atomic E-state index is -0.146.